The minimum Gasteiger partial charge on any atom is -0.356 e. The highest BCUT2D eigenvalue weighted by atomic mass is 32.2. The van der Waals surface area contributed by atoms with Crippen LogP contribution in [0.15, 0.2) is 81.4 Å². The topological polar surface area (TPSA) is 57.6 Å². The molecule has 1 aromatic heterocycles. The largest absolute Gasteiger partial charge is 0.356 e. The van der Waals surface area contributed by atoms with Gasteiger partial charge in [0.2, 0.25) is 5.91 Å². The Morgan fingerprint density at radius 1 is 1.06 bits per heavy atom. The monoisotopic (exact) mass is 458 g/mol. The number of carbonyl (C=O) groups is 1. The van der Waals surface area contributed by atoms with E-state index in [1.807, 2.05) is 12.1 Å². The summed E-state index contributed by atoms with van der Waals surface area (Å²) in [6.07, 6.45) is 14.3. The molecule has 1 saturated heterocycles. The molecule has 1 aliphatic carbocycles. The number of amides is 1. The first kappa shape index (κ1) is 22.0. The van der Waals surface area contributed by atoms with Crippen molar-refractivity contribution in [3.63, 3.8) is 0 Å². The highest BCUT2D eigenvalue weighted by molar-refractivity contribution is 8.03. The van der Waals surface area contributed by atoms with Crippen LogP contribution in [-0.2, 0) is 11.3 Å². The summed E-state index contributed by atoms with van der Waals surface area (Å²) in [5.74, 6) is 1.04. The fraction of sp³-hybridized carbons (Fsp3) is 0.370. The van der Waals surface area contributed by atoms with E-state index in [-0.39, 0.29) is 11.8 Å². The first-order chi connectivity index (χ1) is 16.3. The number of amidine groups is 1. The molecule has 5 nitrogen and oxygen atoms in total. The minimum atomic E-state index is -0.147. The van der Waals surface area contributed by atoms with Crippen LogP contribution in [0, 0.1) is 5.92 Å². The summed E-state index contributed by atoms with van der Waals surface area (Å²) in [6, 6.07) is 12.5. The van der Waals surface area contributed by atoms with Crippen molar-refractivity contribution >= 4 is 23.5 Å². The van der Waals surface area contributed by atoms with Crippen LogP contribution < -0.4 is 5.32 Å². The molecule has 3 heterocycles. The molecule has 170 valence electrons. The van der Waals surface area contributed by atoms with Crippen molar-refractivity contribution in [1.82, 2.24) is 15.2 Å². The van der Waals surface area contributed by atoms with Crippen molar-refractivity contribution in [1.29, 1.82) is 0 Å². The van der Waals surface area contributed by atoms with E-state index in [0.29, 0.717) is 6.54 Å². The maximum atomic E-state index is 12.9. The van der Waals surface area contributed by atoms with E-state index < -0.39 is 0 Å². The standard InChI is InChI=1S/C27H30N4OS/c32-27(29-19-20-13-15-28-16-14-20)21-9-11-23-25(12-10-21)33-24-8-4-3-7-22(24)26(30-23)31-17-5-1-2-6-18-31/h3-4,7-8,10,12-16,21H,1-2,5-6,9,11,17-19H2,(H,29,32). The Bertz CT molecular complexity index is 1080. The average Bonchev–Trinajstić information content (AvgIpc) is 3.29. The van der Waals surface area contributed by atoms with Crippen molar-refractivity contribution < 1.29 is 4.79 Å². The van der Waals surface area contributed by atoms with Crippen LogP contribution in [0.2, 0.25) is 0 Å². The number of aliphatic imine (C=N–C) groups is 1. The lowest BCUT2D eigenvalue weighted by molar-refractivity contribution is -0.123. The normalized spacial score (nSPS) is 20.7. The van der Waals surface area contributed by atoms with Crippen LogP contribution in [-0.4, -0.2) is 34.7 Å². The second kappa shape index (κ2) is 10.4. The first-order valence-electron chi connectivity index (χ1n) is 12.0. The van der Waals surface area contributed by atoms with Gasteiger partial charge in [-0.2, -0.15) is 0 Å². The van der Waals surface area contributed by atoms with E-state index in [2.05, 4.69) is 51.6 Å². The zero-order valence-electron chi connectivity index (χ0n) is 18.9. The first-order valence-corrected chi connectivity index (χ1v) is 12.8. The molecule has 1 N–H and O–H groups in total. The van der Waals surface area contributed by atoms with Crippen LogP contribution in [0.5, 0.6) is 0 Å². The van der Waals surface area contributed by atoms with Gasteiger partial charge < -0.3 is 10.2 Å². The molecule has 1 amide bonds. The third-order valence-corrected chi connectivity index (χ3v) is 7.67. The van der Waals surface area contributed by atoms with Crippen LogP contribution in [0.25, 0.3) is 0 Å². The summed E-state index contributed by atoms with van der Waals surface area (Å²) < 4.78 is 0. The van der Waals surface area contributed by atoms with E-state index in [4.69, 9.17) is 4.99 Å². The van der Waals surface area contributed by atoms with Crippen molar-refractivity contribution in [2.24, 2.45) is 10.9 Å². The number of nitrogens with one attached hydrogen (secondary N) is 1. The second-order valence-corrected chi connectivity index (χ2v) is 9.91. The van der Waals surface area contributed by atoms with Gasteiger partial charge in [-0.25, -0.2) is 4.99 Å². The van der Waals surface area contributed by atoms with E-state index in [0.717, 1.165) is 47.9 Å². The van der Waals surface area contributed by atoms with E-state index in [1.165, 1.54) is 36.1 Å². The fourth-order valence-electron chi connectivity index (χ4n) is 4.63. The van der Waals surface area contributed by atoms with Gasteiger partial charge in [0.05, 0.1) is 11.6 Å². The molecule has 6 heteroatoms. The van der Waals surface area contributed by atoms with Gasteiger partial charge in [-0.15, -0.1) is 0 Å². The number of nitrogens with zero attached hydrogens (tertiary/aromatic N) is 3. The predicted octanol–water partition coefficient (Wildman–Crippen LogP) is 5.30. The average molecular weight is 459 g/mol. The molecule has 0 bridgehead atoms. The Labute approximate surface area is 200 Å². The van der Waals surface area contributed by atoms with E-state index in [1.54, 1.807) is 24.2 Å². The highest BCUT2D eigenvalue weighted by Crippen LogP contribution is 2.40. The molecule has 1 atom stereocenters. The molecule has 0 spiro atoms. The Hall–Kier alpha value is -2.86. The van der Waals surface area contributed by atoms with Gasteiger partial charge in [-0.05, 0) is 55.5 Å². The van der Waals surface area contributed by atoms with Gasteiger partial charge >= 0.3 is 0 Å². The van der Waals surface area contributed by atoms with Crippen LogP contribution in [0.3, 0.4) is 0 Å². The third-order valence-electron chi connectivity index (χ3n) is 6.50. The molecule has 1 fully saturated rings. The number of benzene rings is 1. The number of fused-ring (bicyclic) bond motifs is 1. The van der Waals surface area contributed by atoms with Crippen LogP contribution >= 0.6 is 11.8 Å². The Morgan fingerprint density at radius 2 is 1.85 bits per heavy atom. The number of aromatic nitrogens is 1. The van der Waals surface area contributed by atoms with Gasteiger partial charge in [-0.3, -0.25) is 9.78 Å². The molecule has 3 aliphatic rings. The lowest BCUT2D eigenvalue weighted by atomic mass is 10.0. The van der Waals surface area contributed by atoms with Crippen molar-refractivity contribution in [2.75, 3.05) is 13.1 Å². The lowest BCUT2D eigenvalue weighted by Crippen LogP contribution is -2.33. The summed E-state index contributed by atoms with van der Waals surface area (Å²) in [6.45, 7) is 2.66. The van der Waals surface area contributed by atoms with Gasteiger partial charge in [0, 0.05) is 47.4 Å². The summed E-state index contributed by atoms with van der Waals surface area (Å²) in [4.78, 5) is 27.1. The molecule has 2 aromatic rings. The number of likely N-dealkylation sites (tertiary alicyclic amines) is 1. The highest BCUT2D eigenvalue weighted by Gasteiger charge is 2.26. The number of hydrogen-bond acceptors (Lipinski definition) is 5. The molecule has 0 radical (unpaired) electrons. The minimum absolute atomic E-state index is 0.0721. The fourth-order valence-corrected chi connectivity index (χ4v) is 5.69. The maximum Gasteiger partial charge on any atom is 0.227 e. The zero-order chi connectivity index (χ0) is 22.5. The molecule has 2 aliphatic heterocycles. The van der Waals surface area contributed by atoms with Crippen molar-refractivity contribution in [3.05, 3.63) is 82.7 Å². The summed E-state index contributed by atoms with van der Waals surface area (Å²) in [5.41, 5.74) is 3.40. The van der Waals surface area contributed by atoms with Gasteiger partial charge in [-0.1, -0.05) is 48.9 Å². The zero-order valence-corrected chi connectivity index (χ0v) is 19.7. The maximum absolute atomic E-state index is 12.9. The summed E-state index contributed by atoms with van der Waals surface area (Å²) >= 11 is 1.78. The molecular weight excluding hydrogens is 428 g/mol. The number of carbonyl (C=O) groups excluding carboxylic acids is 1. The van der Waals surface area contributed by atoms with Crippen LogP contribution in [0.4, 0.5) is 0 Å². The second-order valence-electron chi connectivity index (χ2n) is 8.82. The molecule has 1 aromatic carbocycles. The Morgan fingerprint density at radius 3 is 2.67 bits per heavy atom. The molecule has 0 saturated carbocycles. The molecule has 5 rings (SSSR count). The third kappa shape index (κ3) is 5.22. The number of pyridine rings is 1. The number of hydrogen-bond donors (Lipinski definition) is 1. The van der Waals surface area contributed by atoms with Gasteiger partial charge in [0.25, 0.3) is 0 Å². The lowest BCUT2D eigenvalue weighted by Gasteiger charge is -2.25. The number of rotatable bonds is 3. The Balaban J connectivity index is 1.36. The van der Waals surface area contributed by atoms with Crippen molar-refractivity contribution in [2.45, 2.75) is 50.0 Å². The SMILES string of the molecule is O=C(NCc1ccncc1)C1C=CC2=C(CC1)N=C(N1CCCCCC1)c1ccccc1S2. The smallest absolute Gasteiger partial charge is 0.227 e. The predicted molar refractivity (Wildman–Crippen MR) is 134 cm³/mol. The Kier molecular flexibility index (Phi) is 6.91. The van der Waals surface area contributed by atoms with Crippen molar-refractivity contribution in [3.8, 4) is 0 Å². The van der Waals surface area contributed by atoms with Crippen LogP contribution in [0.1, 0.15) is 49.7 Å². The molecule has 1 unspecified atom stereocenters. The number of thioether (sulfide) groups is 1. The van der Waals surface area contributed by atoms with Gasteiger partial charge in [0.1, 0.15) is 5.84 Å². The summed E-state index contributed by atoms with van der Waals surface area (Å²) in [5, 5.41) is 3.09. The van der Waals surface area contributed by atoms with Gasteiger partial charge in [0.15, 0.2) is 0 Å². The van der Waals surface area contributed by atoms with E-state index in [9.17, 15) is 4.79 Å². The molecular formula is C27H30N4OS. The summed E-state index contributed by atoms with van der Waals surface area (Å²) in [7, 11) is 0. The molecule has 33 heavy (non-hydrogen) atoms. The quantitative estimate of drug-likeness (QED) is 0.678. The number of allylic oxidation sites excluding steroid dienone is 2. The van der Waals surface area contributed by atoms with E-state index >= 15 is 0 Å².